The van der Waals surface area contributed by atoms with Gasteiger partial charge in [0, 0.05) is 9.79 Å². The van der Waals surface area contributed by atoms with Crippen molar-refractivity contribution in [3.05, 3.63) is 113 Å². The van der Waals surface area contributed by atoms with Gasteiger partial charge in [-0.05, 0) is 58.8 Å². The molecular formula is C29H17F9O5S2. The predicted molar refractivity (Wildman–Crippen MR) is 146 cm³/mol. The maximum absolute atomic E-state index is 15.2. The summed E-state index contributed by atoms with van der Waals surface area (Å²) >= 11 is 0. The minimum atomic E-state index is -7.54. The van der Waals surface area contributed by atoms with Crippen LogP contribution >= 0.6 is 10.3 Å². The van der Waals surface area contributed by atoms with Gasteiger partial charge in [0.05, 0.1) is 15.7 Å². The first-order valence-electron chi connectivity index (χ1n) is 12.4. The number of para-hydroxylation sites is 2. The second-order valence-corrected chi connectivity index (χ2v) is 13.9. The maximum Gasteiger partial charge on any atom is 0.460 e. The minimum absolute atomic E-state index is 0.0521. The number of rotatable bonds is 8. The van der Waals surface area contributed by atoms with E-state index < -0.39 is 59.6 Å². The van der Waals surface area contributed by atoms with E-state index in [1.807, 2.05) is 0 Å². The fourth-order valence-electron chi connectivity index (χ4n) is 4.45. The van der Waals surface area contributed by atoms with E-state index in [1.54, 1.807) is 0 Å². The molecule has 4 aromatic carbocycles. The van der Waals surface area contributed by atoms with Crippen molar-refractivity contribution in [1.29, 1.82) is 0 Å². The maximum atomic E-state index is 15.2. The topological polar surface area (TPSA) is 73.6 Å². The Balaban J connectivity index is 1.90. The third-order valence-electron chi connectivity index (χ3n) is 6.65. The van der Waals surface area contributed by atoms with Crippen molar-refractivity contribution in [3.63, 3.8) is 0 Å². The summed E-state index contributed by atoms with van der Waals surface area (Å²) in [7, 11) is -11.8. The molecule has 0 radical (unpaired) electrons. The summed E-state index contributed by atoms with van der Waals surface area (Å²) in [5.41, 5.74) is -1.19. The summed E-state index contributed by atoms with van der Waals surface area (Å²) < 4.78 is 163. The Morgan fingerprint density at radius 3 is 1.60 bits per heavy atom. The fraction of sp³-hybridized carbons (Fsp3) is 0.138. The van der Waals surface area contributed by atoms with Crippen molar-refractivity contribution in [3.8, 4) is 0 Å². The minimum Gasteiger partial charge on any atom is -0.455 e. The van der Waals surface area contributed by atoms with Crippen LogP contribution in [0, 0.1) is 0 Å². The molecule has 0 aliphatic rings. The molecule has 5 aromatic rings. The summed E-state index contributed by atoms with van der Waals surface area (Å²) in [6.45, 7) is 0. The Hall–Kier alpha value is -4.02. The molecule has 5 rings (SSSR count). The molecule has 0 aliphatic heterocycles. The average Bonchev–Trinajstić information content (AvgIpc) is 3.00. The Bertz CT molecular complexity index is 2010. The van der Waals surface area contributed by atoms with Crippen LogP contribution in [0.1, 0.15) is 0 Å². The lowest BCUT2D eigenvalue weighted by atomic mass is 10.1. The van der Waals surface area contributed by atoms with E-state index in [1.165, 1.54) is 72.8 Å². The average molecular weight is 681 g/mol. The third-order valence-corrected chi connectivity index (χ3v) is 11.9. The summed E-state index contributed by atoms with van der Waals surface area (Å²) in [6, 6.07) is 21.6. The van der Waals surface area contributed by atoms with Crippen LogP contribution in [-0.4, -0.2) is 31.7 Å². The fourth-order valence-corrected chi connectivity index (χ4v) is 9.77. The molecule has 0 amide bonds. The zero-order chi connectivity index (χ0) is 33.1. The Labute approximate surface area is 249 Å². The molecule has 5 nitrogen and oxygen atoms in total. The molecule has 0 fully saturated rings. The van der Waals surface area contributed by atoms with Crippen LogP contribution in [0.5, 0.6) is 0 Å². The van der Waals surface area contributed by atoms with Gasteiger partial charge >= 0.3 is 33.4 Å². The summed E-state index contributed by atoms with van der Waals surface area (Å²) in [4.78, 5) is 12.3. The number of halogens is 9. The highest BCUT2D eigenvalue weighted by Gasteiger charge is 2.86. The van der Waals surface area contributed by atoms with Gasteiger partial charge in [-0.2, -0.15) is 47.9 Å². The largest absolute Gasteiger partial charge is 0.460 e. The van der Waals surface area contributed by atoms with Gasteiger partial charge in [-0.3, -0.25) is 4.79 Å². The van der Waals surface area contributed by atoms with Crippen molar-refractivity contribution in [2.45, 2.75) is 38.0 Å². The molecule has 0 bridgehead atoms. The lowest BCUT2D eigenvalue weighted by Crippen LogP contribution is -2.63. The highest BCUT2D eigenvalue weighted by atomic mass is 32.3. The van der Waals surface area contributed by atoms with E-state index in [-0.39, 0.29) is 26.1 Å². The van der Waals surface area contributed by atoms with Gasteiger partial charge in [0.1, 0.15) is 5.58 Å². The monoisotopic (exact) mass is 680 g/mol. The Morgan fingerprint density at radius 2 is 1.07 bits per heavy atom. The molecule has 16 heteroatoms. The number of benzene rings is 4. The van der Waals surface area contributed by atoms with Gasteiger partial charge in [-0.25, -0.2) is 3.63 Å². The molecular weight excluding hydrogens is 663 g/mol. The normalized spacial score (nSPS) is 14.2. The highest BCUT2D eigenvalue weighted by molar-refractivity contribution is 8.33. The van der Waals surface area contributed by atoms with Crippen LogP contribution in [0.3, 0.4) is 0 Å². The van der Waals surface area contributed by atoms with Crippen LogP contribution in [0.25, 0.3) is 21.9 Å². The van der Waals surface area contributed by atoms with Gasteiger partial charge in [0.2, 0.25) is 5.43 Å². The van der Waals surface area contributed by atoms with Crippen LogP contribution < -0.4 is 5.43 Å². The SMILES string of the molecule is O=c1c2ccccc2oc2c(S(OS(=O)(=O)C(F)(F)C(F)(F)C(F)(F)C(F)(F)F)(c3ccccc3)c3ccccc3)cccc12. The molecule has 1 aromatic heterocycles. The van der Waals surface area contributed by atoms with E-state index in [9.17, 15) is 43.9 Å². The Kier molecular flexibility index (Phi) is 7.77. The molecule has 238 valence electrons. The van der Waals surface area contributed by atoms with Crippen molar-refractivity contribution < 1.29 is 56.0 Å². The van der Waals surface area contributed by atoms with Crippen LogP contribution in [0.2, 0.25) is 0 Å². The van der Waals surface area contributed by atoms with Crippen molar-refractivity contribution >= 4 is 42.4 Å². The second kappa shape index (κ2) is 10.8. The van der Waals surface area contributed by atoms with E-state index >= 15 is 8.78 Å². The zero-order valence-corrected chi connectivity index (χ0v) is 23.7. The number of fused-ring (bicyclic) bond motifs is 2. The van der Waals surface area contributed by atoms with Gasteiger partial charge in [-0.1, -0.05) is 54.6 Å². The second-order valence-electron chi connectivity index (χ2n) is 9.43. The molecule has 1 heterocycles. The van der Waals surface area contributed by atoms with E-state index in [2.05, 4.69) is 0 Å². The quantitative estimate of drug-likeness (QED) is 0.121. The van der Waals surface area contributed by atoms with Gasteiger partial charge in [0.25, 0.3) is 0 Å². The highest BCUT2D eigenvalue weighted by Crippen LogP contribution is 2.72. The standard InChI is InChI=1S/C29H17F9O5S2/c30-26(31,28(34,35)36)27(32,33)29(37,38)45(40,41)43-44(18-10-3-1-4-11-18,19-12-5-2-6-13-19)23-17-9-15-21-24(39)20-14-7-8-16-22(20)42-25(21)23/h1-17H. The Morgan fingerprint density at radius 1 is 0.578 bits per heavy atom. The molecule has 0 saturated carbocycles. The van der Waals surface area contributed by atoms with Gasteiger partial charge < -0.3 is 4.42 Å². The number of hydrogen-bond acceptors (Lipinski definition) is 5. The molecule has 0 unspecified atom stereocenters. The van der Waals surface area contributed by atoms with Crippen molar-refractivity contribution in [2.75, 3.05) is 0 Å². The third kappa shape index (κ3) is 4.86. The van der Waals surface area contributed by atoms with Crippen LogP contribution in [0.4, 0.5) is 39.5 Å². The van der Waals surface area contributed by atoms with E-state index in [4.69, 9.17) is 8.05 Å². The molecule has 45 heavy (non-hydrogen) atoms. The summed E-state index contributed by atoms with van der Waals surface area (Å²) in [5.74, 6) is -15.1. The number of alkyl halides is 9. The molecule has 0 spiro atoms. The molecule has 0 aliphatic carbocycles. The smallest absolute Gasteiger partial charge is 0.455 e. The van der Waals surface area contributed by atoms with Crippen molar-refractivity contribution in [1.82, 2.24) is 0 Å². The molecule has 0 saturated heterocycles. The van der Waals surface area contributed by atoms with E-state index in [0.717, 1.165) is 30.3 Å². The van der Waals surface area contributed by atoms with Gasteiger partial charge in [0.15, 0.2) is 5.58 Å². The predicted octanol–water partition coefficient (Wildman–Crippen LogP) is 8.91. The first-order chi connectivity index (χ1) is 20.9. The van der Waals surface area contributed by atoms with Crippen LogP contribution in [-0.2, 0) is 13.7 Å². The first-order valence-corrected chi connectivity index (χ1v) is 15.4. The van der Waals surface area contributed by atoms with Crippen molar-refractivity contribution in [2.24, 2.45) is 0 Å². The first kappa shape index (κ1) is 32.4. The van der Waals surface area contributed by atoms with Gasteiger partial charge in [-0.15, -0.1) is 0 Å². The van der Waals surface area contributed by atoms with E-state index in [0.29, 0.717) is 0 Å². The summed E-state index contributed by atoms with van der Waals surface area (Å²) in [5, 5.41) is -7.34. The molecule has 0 atom stereocenters. The lowest BCUT2D eigenvalue weighted by molar-refractivity contribution is -0.382. The zero-order valence-electron chi connectivity index (χ0n) is 22.1. The summed E-state index contributed by atoms with van der Waals surface area (Å²) in [6.07, 6.45) is -7.28. The lowest BCUT2D eigenvalue weighted by Gasteiger charge is -2.41. The number of hydrogen-bond donors (Lipinski definition) is 0. The van der Waals surface area contributed by atoms with Crippen LogP contribution in [0.15, 0.2) is 127 Å². The molecule has 0 N–H and O–H groups in total.